The van der Waals surface area contributed by atoms with Gasteiger partial charge in [-0.2, -0.15) is 0 Å². The fourth-order valence-corrected chi connectivity index (χ4v) is 9.77. The molecule has 0 amide bonds. The third-order valence-corrected chi connectivity index (χ3v) is 12.7. The zero-order valence-electron chi connectivity index (χ0n) is 32.1. The molecule has 2 aliphatic carbocycles. The Labute approximate surface area is 328 Å². The van der Waals surface area contributed by atoms with E-state index in [0.29, 0.717) is 0 Å². The molecule has 0 radical (unpaired) electrons. The molecule has 1 heterocycles. The van der Waals surface area contributed by atoms with E-state index in [2.05, 4.69) is 202 Å². The molecule has 0 fully saturated rings. The van der Waals surface area contributed by atoms with Crippen molar-refractivity contribution in [1.29, 1.82) is 0 Å². The van der Waals surface area contributed by atoms with Crippen molar-refractivity contribution >= 4 is 39.0 Å². The first kappa shape index (κ1) is 32.8. The number of rotatable bonds is 5. The first-order valence-corrected chi connectivity index (χ1v) is 19.7. The zero-order chi connectivity index (χ0) is 37.8. The van der Waals surface area contributed by atoms with Crippen molar-refractivity contribution in [1.82, 2.24) is 0 Å². The number of furan rings is 1. The van der Waals surface area contributed by atoms with Gasteiger partial charge >= 0.3 is 0 Å². The molecule has 268 valence electrons. The third kappa shape index (κ3) is 4.75. The van der Waals surface area contributed by atoms with E-state index < -0.39 is 0 Å². The van der Waals surface area contributed by atoms with Crippen LogP contribution >= 0.6 is 0 Å². The average molecular weight is 720 g/mol. The summed E-state index contributed by atoms with van der Waals surface area (Å²) in [5.74, 6) is 0. The summed E-state index contributed by atoms with van der Waals surface area (Å²) in [5, 5.41) is 2.27. The van der Waals surface area contributed by atoms with Crippen LogP contribution in [-0.2, 0) is 10.8 Å². The molecule has 1 aromatic heterocycles. The number of fused-ring (bicyclic) bond motifs is 9. The molecule has 0 aliphatic heterocycles. The Kier molecular flexibility index (Phi) is 6.98. The van der Waals surface area contributed by atoms with Crippen LogP contribution < -0.4 is 4.90 Å². The van der Waals surface area contributed by atoms with Gasteiger partial charge in [0.25, 0.3) is 0 Å². The van der Waals surface area contributed by atoms with Crippen molar-refractivity contribution in [2.24, 2.45) is 0 Å². The van der Waals surface area contributed by atoms with Crippen LogP contribution in [-0.4, -0.2) is 0 Å². The molecule has 0 saturated heterocycles. The lowest BCUT2D eigenvalue weighted by atomic mass is 9.82. The lowest BCUT2D eigenvalue weighted by molar-refractivity contribution is 0.660. The molecule has 0 N–H and O–H groups in total. The van der Waals surface area contributed by atoms with Gasteiger partial charge in [-0.05, 0) is 110 Å². The highest BCUT2D eigenvalue weighted by molar-refractivity contribution is 6.09. The second-order valence-corrected chi connectivity index (χ2v) is 16.5. The molecule has 56 heavy (non-hydrogen) atoms. The number of nitrogens with zero attached hydrogens (tertiary/aromatic N) is 1. The van der Waals surface area contributed by atoms with Crippen LogP contribution in [0.4, 0.5) is 17.1 Å². The number of anilines is 3. The molecule has 9 aromatic rings. The van der Waals surface area contributed by atoms with Gasteiger partial charge in [-0.15, -0.1) is 0 Å². The van der Waals surface area contributed by atoms with Crippen molar-refractivity contribution in [3.05, 3.63) is 198 Å². The molecule has 11 rings (SSSR count). The van der Waals surface area contributed by atoms with E-state index in [1.165, 1.54) is 55.6 Å². The summed E-state index contributed by atoms with van der Waals surface area (Å²) < 4.78 is 6.51. The molecular formula is C54H41NO. The van der Waals surface area contributed by atoms with Crippen LogP contribution in [0.3, 0.4) is 0 Å². The fourth-order valence-electron chi connectivity index (χ4n) is 9.77. The molecule has 2 nitrogen and oxygen atoms in total. The summed E-state index contributed by atoms with van der Waals surface area (Å²) in [6.07, 6.45) is 0. The van der Waals surface area contributed by atoms with Gasteiger partial charge in [-0.3, -0.25) is 0 Å². The SMILES string of the molecule is CC1(C)c2ccccc2-c2cc(-c3ccc(N(c4cccc(-c5cccc6c5oc5ccccc56)c4)c4ccc5c(c4)C(C)(C)c4ccccc4-5)cc3)ccc21. The Hall–Kier alpha value is -6.64. The van der Waals surface area contributed by atoms with E-state index in [1.54, 1.807) is 0 Å². The van der Waals surface area contributed by atoms with E-state index in [4.69, 9.17) is 4.42 Å². The van der Waals surface area contributed by atoms with Crippen LogP contribution in [0.1, 0.15) is 49.9 Å². The van der Waals surface area contributed by atoms with E-state index in [1.807, 2.05) is 6.07 Å². The van der Waals surface area contributed by atoms with Gasteiger partial charge in [0, 0.05) is 44.2 Å². The van der Waals surface area contributed by atoms with Crippen molar-refractivity contribution in [2.75, 3.05) is 4.90 Å². The topological polar surface area (TPSA) is 16.4 Å². The minimum absolute atomic E-state index is 0.00885. The smallest absolute Gasteiger partial charge is 0.143 e. The minimum Gasteiger partial charge on any atom is -0.455 e. The second kappa shape index (κ2) is 11.9. The van der Waals surface area contributed by atoms with Gasteiger partial charge in [-0.25, -0.2) is 0 Å². The highest BCUT2D eigenvalue weighted by atomic mass is 16.3. The van der Waals surface area contributed by atoms with Crippen LogP contribution in [0.5, 0.6) is 0 Å². The van der Waals surface area contributed by atoms with Gasteiger partial charge in [-0.1, -0.05) is 155 Å². The van der Waals surface area contributed by atoms with Gasteiger partial charge in [0.15, 0.2) is 0 Å². The van der Waals surface area contributed by atoms with E-state index in [0.717, 1.165) is 50.1 Å². The Bertz CT molecular complexity index is 3030. The minimum atomic E-state index is -0.114. The number of benzene rings is 8. The summed E-state index contributed by atoms with van der Waals surface area (Å²) in [5.41, 5.74) is 20.5. The molecular weight excluding hydrogens is 679 g/mol. The van der Waals surface area contributed by atoms with Crippen LogP contribution in [0.2, 0.25) is 0 Å². The maximum atomic E-state index is 6.51. The van der Waals surface area contributed by atoms with Crippen LogP contribution in [0, 0.1) is 0 Å². The van der Waals surface area contributed by atoms with E-state index >= 15 is 0 Å². The van der Waals surface area contributed by atoms with E-state index in [9.17, 15) is 0 Å². The third-order valence-electron chi connectivity index (χ3n) is 12.7. The lowest BCUT2D eigenvalue weighted by Gasteiger charge is -2.28. The largest absolute Gasteiger partial charge is 0.455 e. The molecule has 0 spiro atoms. The van der Waals surface area contributed by atoms with Gasteiger partial charge in [0.05, 0.1) is 0 Å². The maximum Gasteiger partial charge on any atom is 0.143 e. The predicted octanol–water partition coefficient (Wildman–Crippen LogP) is 15.0. The van der Waals surface area contributed by atoms with Gasteiger partial charge < -0.3 is 9.32 Å². The number of hydrogen-bond donors (Lipinski definition) is 0. The molecule has 0 bridgehead atoms. The molecule has 8 aromatic carbocycles. The highest BCUT2D eigenvalue weighted by Gasteiger charge is 2.37. The monoisotopic (exact) mass is 719 g/mol. The van der Waals surface area contributed by atoms with Crippen molar-refractivity contribution in [3.63, 3.8) is 0 Å². The summed E-state index contributed by atoms with van der Waals surface area (Å²) >= 11 is 0. The Balaban J connectivity index is 1.04. The predicted molar refractivity (Wildman–Crippen MR) is 234 cm³/mol. The zero-order valence-corrected chi connectivity index (χ0v) is 32.1. The second-order valence-electron chi connectivity index (χ2n) is 16.5. The van der Waals surface area contributed by atoms with Gasteiger partial charge in [0.1, 0.15) is 11.2 Å². The van der Waals surface area contributed by atoms with Crippen LogP contribution in [0.15, 0.2) is 180 Å². The van der Waals surface area contributed by atoms with Crippen molar-refractivity contribution in [2.45, 2.75) is 38.5 Å². The Morgan fingerprint density at radius 1 is 0.357 bits per heavy atom. The highest BCUT2D eigenvalue weighted by Crippen LogP contribution is 2.52. The lowest BCUT2D eigenvalue weighted by Crippen LogP contribution is -2.16. The normalized spacial score (nSPS) is 14.4. The first-order chi connectivity index (χ1) is 27.3. The summed E-state index contributed by atoms with van der Waals surface area (Å²) in [4.78, 5) is 2.41. The van der Waals surface area contributed by atoms with Crippen molar-refractivity contribution < 1.29 is 4.42 Å². The summed E-state index contributed by atoms with van der Waals surface area (Å²) in [7, 11) is 0. The van der Waals surface area contributed by atoms with Gasteiger partial charge in [0.2, 0.25) is 0 Å². The van der Waals surface area contributed by atoms with E-state index in [-0.39, 0.29) is 10.8 Å². The molecule has 0 atom stereocenters. The number of para-hydroxylation sites is 2. The molecule has 0 unspecified atom stereocenters. The number of hydrogen-bond acceptors (Lipinski definition) is 2. The van der Waals surface area contributed by atoms with Crippen molar-refractivity contribution in [3.8, 4) is 44.5 Å². The Morgan fingerprint density at radius 2 is 0.929 bits per heavy atom. The maximum absolute atomic E-state index is 6.51. The molecule has 0 saturated carbocycles. The fraction of sp³-hybridized carbons (Fsp3) is 0.111. The standard InChI is InChI=1S/C54H41NO/c1-53(2)48-21-9-6-16-42(48)46-32-35(25-30-49(46)53)34-23-26-37(27-24-34)55(39-28-29-43-41-15-5-8-20-47(41)54(3,4)50(43)33-39)38-14-11-13-36(31-38)40-18-12-19-45-44-17-7-10-22-51(44)56-52(40)45/h5-33H,1-4H3. The molecule has 2 aliphatic rings. The Morgan fingerprint density at radius 3 is 1.73 bits per heavy atom. The molecule has 2 heteroatoms. The summed E-state index contributed by atoms with van der Waals surface area (Å²) in [6, 6.07) is 64.6. The first-order valence-electron chi connectivity index (χ1n) is 19.7. The van der Waals surface area contributed by atoms with Crippen LogP contribution in [0.25, 0.3) is 66.4 Å². The average Bonchev–Trinajstić information content (AvgIpc) is 3.81. The summed E-state index contributed by atoms with van der Waals surface area (Å²) in [6.45, 7) is 9.38. The quantitative estimate of drug-likeness (QED) is 0.176.